The number of anilines is 3. The minimum absolute atomic E-state index is 0.207. The number of nitrogens with zero attached hydrogens (tertiary/aromatic N) is 4. The number of para-hydroxylation sites is 2. The Bertz CT molecular complexity index is 3260. The van der Waals surface area contributed by atoms with Crippen molar-refractivity contribution >= 4 is 60.4 Å². The Morgan fingerprint density at radius 1 is 0.517 bits per heavy atom. The van der Waals surface area contributed by atoms with E-state index in [9.17, 15) is 5.26 Å². The maximum atomic E-state index is 9.41. The van der Waals surface area contributed by atoms with Crippen LogP contribution in [0.3, 0.4) is 0 Å². The average molecular weight is 761 g/mol. The monoisotopic (exact) mass is 760 g/mol. The third-order valence-electron chi connectivity index (χ3n) is 11.8. The Hall–Kier alpha value is -7.26. The molecule has 3 heterocycles. The molecule has 1 aliphatic rings. The smallest absolute Gasteiger partial charge is 0.124 e. The van der Waals surface area contributed by atoms with E-state index in [0.717, 1.165) is 54.3 Å². The van der Waals surface area contributed by atoms with Crippen molar-refractivity contribution in [1.82, 2.24) is 9.55 Å². The molecule has 0 bridgehead atoms. The number of fused-ring (bicyclic) bond motifs is 6. The largest absolute Gasteiger partial charge is 0.310 e. The summed E-state index contributed by atoms with van der Waals surface area (Å²) in [4.78, 5) is 7.57. The molecule has 0 N–H and O–H groups in total. The van der Waals surface area contributed by atoms with E-state index in [1.54, 1.807) is 11.3 Å². The normalized spacial score (nSPS) is 13.1. The van der Waals surface area contributed by atoms with Crippen molar-refractivity contribution in [3.63, 3.8) is 0 Å². The Balaban J connectivity index is 1.11. The summed E-state index contributed by atoms with van der Waals surface area (Å²) >= 11 is 1.74. The lowest BCUT2D eigenvalue weighted by Gasteiger charge is -2.42. The first-order valence-corrected chi connectivity index (χ1v) is 20.4. The molecule has 0 aliphatic carbocycles. The second-order valence-electron chi connectivity index (χ2n) is 15.6. The van der Waals surface area contributed by atoms with E-state index in [-0.39, 0.29) is 5.41 Å². The van der Waals surface area contributed by atoms with Gasteiger partial charge in [-0.3, -0.25) is 0 Å². The van der Waals surface area contributed by atoms with Crippen molar-refractivity contribution in [3.8, 4) is 44.6 Å². The van der Waals surface area contributed by atoms with Crippen LogP contribution in [-0.4, -0.2) is 9.55 Å². The predicted molar refractivity (Wildman–Crippen MR) is 242 cm³/mol. The molecule has 11 rings (SSSR count). The number of nitriles is 1. The van der Waals surface area contributed by atoms with Crippen molar-refractivity contribution in [2.45, 2.75) is 19.3 Å². The van der Waals surface area contributed by atoms with E-state index < -0.39 is 0 Å². The summed E-state index contributed by atoms with van der Waals surface area (Å²) in [6.07, 6.45) is 0. The van der Waals surface area contributed by atoms with E-state index in [1.807, 2.05) is 30.3 Å². The number of hydrogen-bond donors (Lipinski definition) is 0. The van der Waals surface area contributed by atoms with Crippen LogP contribution in [0.15, 0.2) is 182 Å². The minimum atomic E-state index is -0.207. The summed E-state index contributed by atoms with van der Waals surface area (Å²) in [5.41, 5.74) is 16.6. The van der Waals surface area contributed by atoms with Crippen molar-refractivity contribution in [2.24, 2.45) is 0 Å². The molecule has 0 radical (unpaired) electrons. The zero-order valence-corrected chi connectivity index (χ0v) is 32.8. The second kappa shape index (κ2) is 13.2. The van der Waals surface area contributed by atoms with Crippen molar-refractivity contribution < 1.29 is 0 Å². The van der Waals surface area contributed by atoms with Gasteiger partial charge in [0, 0.05) is 33.1 Å². The van der Waals surface area contributed by atoms with Gasteiger partial charge in [0.1, 0.15) is 5.01 Å². The van der Waals surface area contributed by atoms with E-state index in [4.69, 9.17) is 4.98 Å². The zero-order chi connectivity index (χ0) is 39.0. The van der Waals surface area contributed by atoms with E-state index >= 15 is 0 Å². The van der Waals surface area contributed by atoms with E-state index in [0.29, 0.717) is 5.56 Å². The summed E-state index contributed by atoms with van der Waals surface area (Å²) in [7, 11) is 0. The predicted octanol–water partition coefficient (Wildman–Crippen LogP) is 14.4. The summed E-state index contributed by atoms with van der Waals surface area (Å²) in [5.74, 6) is 0. The Morgan fingerprint density at radius 3 is 1.97 bits per heavy atom. The highest BCUT2D eigenvalue weighted by molar-refractivity contribution is 7.21. The highest BCUT2D eigenvalue weighted by Gasteiger charge is 2.37. The van der Waals surface area contributed by atoms with Crippen LogP contribution < -0.4 is 4.90 Å². The Kier molecular flexibility index (Phi) is 7.72. The van der Waals surface area contributed by atoms with E-state index in [1.165, 1.54) is 44.4 Å². The summed E-state index contributed by atoms with van der Waals surface area (Å²) in [6.45, 7) is 4.70. The van der Waals surface area contributed by atoms with E-state index in [2.05, 4.69) is 181 Å². The number of thiazole rings is 1. The quantitative estimate of drug-likeness (QED) is 0.175. The third kappa shape index (κ3) is 5.38. The molecular weight excluding hydrogens is 725 g/mol. The van der Waals surface area contributed by atoms with Gasteiger partial charge < -0.3 is 9.47 Å². The standard InChI is InChI=1S/C53H36N4S/c1-53(2)44-18-9-10-19-48(44)56(40-15-7-4-8-16-40)49-27-25-39(30-45(49)53)38-24-26-47-42(29-38)43-31-51-46(55-52(58-51)36-12-5-3-6-13-36)32-50(43)57(47)41-17-11-14-37(28-41)35-22-20-34(33-54)21-23-35/h3-32H,1-2H3. The van der Waals surface area contributed by atoms with Crippen LogP contribution in [0.4, 0.5) is 17.1 Å². The van der Waals surface area contributed by atoms with Gasteiger partial charge in [-0.15, -0.1) is 11.3 Å². The minimum Gasteiger partial charge on any atom is -0.310 e. The highest BCUT2D eigenvalue weighted by Crippen LogP contribution is 2.52. The first-order chi connectivity index (χ1) is 28.4. The van der Waals surface area contributed by atoms with Crippen LogP contribution >= 0.6 is 11.3 Å². The number of rotatable bonds is 5. The van der Waals surface area contributed by atoms with Crippen LogP contribution in [0.1, 0.15) is 30.5 Å². The highest BCUT2D eigenvalue weighted by atomic mass is 32.1. The van der Waals surface area contributed by atoms with Crippen LogP contribution in [-0.2, 0) is 5.41 Å². The topological polar surface area (TPSA) is 44.9 Å². The molecule has 0 saturated carbocycles. The Morgan fingerprint density at radius 2 is 1.16 bits per heavy atom. The summed E-state index contributed by atoms with van der Waals surface area (Å²) in [6, 6.07) is 67.3. The third-order valence-corrected chi connectivity index (χ3v) is 12.9. The van der Waals surface area contributed by atoms with Gasteiger partial charge in [-0.25, -0.2) is 4.98 Å². The molecule has 0 fully saturated rings. The van der Waals surface area contributed by atoms with Gasteiger partial charge >= 0.3 is 0 Å². The van der Waals surface area contributed by atoms with Gasteiger partial charge in [-0.05, 0) is 112 Å². The fraction of sp³-hybridized carbons (Fsp3) is 0.0566. The molecule has 0 atom stereocenters. The molecule has 5 heteroatoms. The van der Waals surface area contributed by atoms with Crippen LogP contribution in [0.2, 0.25) is 0 Å². The lowest BCUT2D eigenvalue weighted by atomic mass is 9.73. The maximum Gasteiger partial charge on any atom is 0.124 e. The molecule has 4 nitrogen and oxygen atoms in total. The first-order valence-electron chi connectivity index (χ1n) is 19.6. The summed E-state index contributed by atoms with van der Waals surface area (Å²) < 4.78 is 3.55. The molecule has 1 aliphatic heterocycles. The number of benzene rings is 8. The molecule has 10 aromatic rings. The molecule has 8 aromatic carbocycles. The molecule has 0 amide bonds. The number of hydrogen-bond acceptors (Lipinski definition) is 4. The number of aromatic nitrogens is 2. The van der Waals surface area contributed by atoms with Crippen LogP contribution in [0.5, 0.6) is 0 Å². The van der Waals surface area contributed by atoms with Crippen molar-refractivity contribution in [2.75, 3.05) is 4.90 Å². The van der Waals surface area contributed by atoms with Gasteiger partial charge in [0.2, 0.25) is 0 Å². The lowest BCUT2D eigenvalue weighted by Crippen LogP contribution is -2.30. The van der Waals surface area contributed by atoms with Gasteiger partial charge in [0.15, 0.2) is 0 Å². The first kappa shape index (κ1) is 34.0. The molecule has 2 aromatic heterocycles. The van der Waals surface area contributed by atoms with Crippen LogP contribution in [0.25, 0.3) is 70.5 Å². The molecule has 0 spiro atoms. The summed E-state index contributed by atoms with van der Waals surface area (Å²) in [5, 5.41) is 12.8. The molecule has 58 heavy (non-hydrogen) atoms. The molecule has 0 unspecified atom stereocenters. The van der Waals surface area contributed by atoms with Gasteiger partial charge in [0.25, 0.3) is 0 Å². The zero-order valence-electron chi connectivity index (χ0n) is 32.0. The van der Waals surface area contributed by atoms with Crippen LogP contribution in [0, 0.1) is 11.3 Å². The molecule has 274 valence electrons. The van der Waals surface area contributed by atoms with Crippen molar-refractivity contribution in [1.29, 1.82) is 5.26 Å². The second-order valence-corrected chi connectivity index (χ2v) is 16.6. The SMILES string of the molecule is CC1(C)c2ccccc2N(c2ccccc2)c2ccc(-c3ccc4c(c3)c3cc5sc(-c6ccccc6)nc5cc3n4-c3cccc(-c4ccc(C#N)cc4)c3)cc21. The lowest BCUT2D eigenvalue weighted by molar-refractivity contribution is 0.632. The molecule has 0 saturated heterocycles. The molecular formula is C53H36N4S. The van der Waals surface area contributed by atoms with Gasteiger partial charge in [-0.1, -0.05) is 117 Å². The van der Waals surface area contributed by atoms with Gasteiger partial charge in [0.05, 0.1) is 44.3 Å². The van der Waals surface area contributed by atoms with Crippen molar-refractivity contribution in [3.05, 3.63) is 199 Å². The Labute approximate surface area is 341 Å². The fourth-order valence-electron chi connectivity index (χ4n) is 8.90. The average Bonchev–Trinajstić information content (AvgIpc) is 3.84. The maximum absolute atomic E-state index is 9.41. The fourth-order valence-corrected chi connectivity index (χ4v) is 9.89. The van der Waals surface area contributed by atoms with Gasteiger partial charge in [-0.2, -0.15) is 5.26 Å².